The number of fused-ring (bicyclic) bond motifs is 1. The Bertz CT molecular complexity index is 3820. The molecule has 0 aliphatic heterocycles. The molecule has 0 bridgehead atoms. The molecule has 0 fully saturated rings. The van der Waals surface area contributed by atoms with Gasteiger partial charge in [-0.3, -0.25) is 9.55 Å². The smallest absolute Gasteiger partial charge is 0.149 e. The summed E-state index contributed by atoms with van der Waals surface area (Å²) in [4.78, 5) is 9.83. The summed E-state index contributed by atoms with van der Waals surface area (Å²) >= 11 is 0. The number of hydrogen-bond donors (Lipinski definition) is 1. The van der Waals surface area contributed by atoms with Crippen molar-refractivity contribution in [3.05, 3.63) is 192 Å². The van der Waals surface area contributed by atoms with Gasteiger partial charge in [0.1, 0.15) is 11.6 Å². The van der Waals surface area contributed by atoms with Crippen molar-refractivity contribution >= 4 is 11.0 Å². The molecule has 1 N–H and O–H groups in total. The number of benzene rings is 7. The predicted molar refractivity (Wildman–Crippen MR) is 260 cm³/mol. The van der Waals surface area contributed by atoms with E-state index in [0.717, 1.165) is 22.3 Å². The van der Waals surface area contributed by atoms with E-state index in [1.807, 2.05) is 91.9 Å². The van der Waals surface area contributed by atoms with Crippen molar-refractivity contribution in [2.75, 3.05) is 0 Å². The first kappa shape index (κ1) is 22.7. The topological polar surface area (TPSA) is 50.9 Å². The molecule has 0 atom stereocenters. The summed E-state index contributed by atoms with van der Waals surface area (Å²) in [5.74, 6) is -2.05. The lowest BCUT2D eigenvalue weighted by atomic mass is 9.79. The molecule has 0 amide bonds. The maximum atomic E-state index is 12.9. The van der Waals surface area contributed by atoms with Gasteiger partial charge in [-0.05, 0) is 129 Å². The number of aromatic hydroxyl groups is 1. The number of phenols is 1. The van der Waals surface area contributed by atoms with Crippen LogP contribution < -0.4 is 0 Å². The third-order valence-electron chi connectivity index (χ3n) is 11.0. The molecule has 62 heavy (non-hydrogen) atoms. The fourth-order valence-electron chi connectivity index (χ4n) is 7.86. The maximum Gasteiger partial charge on any atom is 0.149 e. The van der Waals surface area contributed by atoms with Gasteiger partial charge >= 0.3 is 0 Å². The van der Waals surface area contributed by atoms with E-state index >= 15 is 0 Å². The molecule has 2 heterocycles. The van der Waals surface area contributed by atoms with Crippen molar-refractivity contribution in [3.8, 4) is 78.6 Å². The second-order valence-corrected chi connectivity index (χ2v) is 15.4. The number of pyridine rings is 1. The van der Waals surface area contributed by atoms with Gasteiger partial charge in [0.25, 0.3) is 0 Å². The normalized spacial score (nSPS) is 18.4. The summed E-state index contributed by atoms with van der Waals surface area (Å²) in [6, 6.07) is 45.3. The van der Waals surface area contributed by atoms with Gasteiger partial charge in [-0.2, -0.15) is 0 Å². The van der Waals surface area contributed by atoms with E-state index in [4.69, 9.17) is 38.8 Å². The first-order valence-corrected chi connectivity index (χ1v) is 19.8. The number of nitrogens with zero attached hydrogens (tertiary/aromatic N) is 3. The van der Waals surface area contributed by atoms with Gasteiger partial charge in [0.05, 0.1) is 22.3 Å². The summed E-state index contributed by atoms with van der Waals surface area (Å²) < 4.78 is 185. The molecule has 0 saturated carbocycles. The Kier molecular flexibility index (Phi) is 5.77. The quantitative estimate of drug-likeness (QED) is 0.174. The molecule has 0 aliphatic carbocycles. The number of hydrogen-bond acceptors (Lipinski definition) is 3. The molecule has 0 aliphatic rings. The molecule has 9 aromatic rings. The first-order chi connectivity index (χ1) is 38.4. The third-order valence-corrected chi connectivity index (χ3v) is 11.0. The van der Waals surface area contributed by atoms with Crippen LogP contribution in [0.1, 0.15) is 92.2 Å². The molecule has 7 aromatic carbocycles. The summed E-state index contributed by atoms with van der Waals surface area (Å²) in [6.45, 7) is -25.8. The van der Waals surface area contributed by atoms with Crippen molar-refractivity contribution in [3.63, 3.8) is 0 Å². The third kappa shape index (κ3) is 7.74. The number of aromatic nitrogens is 3. The zero-order valence-electron chi connectivity index (χ0n) is 54.5. The minimum absolute atomic E-state index is 0.0383. The Labute approximate surface area is 395 Å². The second-order valence-electron chi connectivity index (χ2n) is 15.4. The number of imidazole rings is 1. The highest BCUT2D eigenvalue weighted by Crippen LogP contribution is 2.45. The molecule has 0 radical (unpaired) electrons. The van der Waals surface area contributed by atoms with Gasteiger partial charge in [-0.1, -0.05) is 156 Å². The molecule has 4 nitrogen and oxygen atoms in total. The van der Waals surface area contributed by atoms with E-state index in [-0.39, 0.29) is 33.9 Å². The minimum atomic E-state index is -4.21. The Morgan fingerprint density at radius 3 is 1.95 bits per heavy atom. The minimum Gasteiger partial charge on any atom is -0.507 e. The highest BCUT2D eigenvalue weighted by molar-refractivity contribution is 5.98. The van der Waals surface area contributed by atoms with Crippen LogP contribution in [0.5, 0.6) is 5.75 Å². The Hall–Kier alpha value is -7.04. The predicted octanol–water partition coefficient (Wildman–Crippen LogP) is 15.3. The highest BCUT2D eigenvalue weighted by Gasteiger charge is 2.29. The lowest BCUT2D eigenvalue weighted by Gasteiger charge is -2.27. The van der Waals surface area contributed by atoms with Crippen LogP contribution >= 0.6 is 0 Å². The number of phenolic OH excluding ortho intramolecular Hbond substituents is 1. The SMILES string of the molecule is [2H]C([2H])([2H])c1cc(-n2c(-c3cc(C(C([2H])([2H])[2H])(C([2H])([2H])[2H])C([2H])([2H])[2H])cc(C(C([2H])([2H])[2H])(C([2H])([2H])[2H])C([2H])([2H])[2H])c3O)nc3c(-c4cc(-c5ccccc5)cc(-c5cc(-c6ccc(C)cc6)ccn5)c4)cccc32)ccc1-c1ccccc1. The molecular weight excluding hydrogens is 755 g/mol. The first-order valence-electron chi connectivity index (χ1n) is 30.3. The van der Waals surface area contributed by atoms with E-state index in [9.17, 15) is 5.11 Å². The summed E-state index contributed by atoms with van der Waals surface area (Å²) in [5.41, 5.74) is -5.07. The lowest BCUT2D eigenvalue weighted by molar-refractivity contribution is 0.446. The second kappa shape index (κ2) is 15.8. The van der Waals surface area contributed by atoms with E-state index in [1.54, 1.807) is 54.7 Å². The molecule has 0 saturated heterocycles. The molecule has 2 aromatic heterocycles. The Morgan fingerprint density at radius 1 is 0.532 bits per heavy atom. The van der Waals surface area contributed by atoms with Gasteiger partial charge in [0.15, 0.2) is 0 Å². The van der Waals surface area contributed by atoms with Crippen LogP contribution in [0, 0.1) is 13.8 Å². The van der Waals surface area contributed by atoms with Gasteiger partial charge in [0, 0.05) is 57.4 Å². The highest BCUT2D eigenvalue weighted by atomic mass is 16.3. The average Bonchev–Trinajstić information content (AvgIpc) is 1.45. The van der Waals surface area contributed by atoms with E-state index in [0.29, 0.717) is 39.6 Å². The van der Waals surface area contributed by atoms with Crippen LogP contribution in [0.2, 0.25) is 0 Å². The van der Waals surface area contributed by atoms with Gasteiger partial charge < -0.3 is 5.11 Å². The van der Waals surface area contributed by atoms with Gasteiger partial charge in [-0.15, -0.1) is 0 Å². The van der Waals surface area contributed by atoms with E-state index in [1.165, 1.54) is 22.8 Å². The standard InChI is InChI=1S/C58H53N3O/c1-37-22-24-40(25-23-37)42-28-29-59-52(34-42)45-32-43(39-16-11-9-12-17-39)31-44(33-45)49-20-15-21-53-54(49)60-56(50-35-46(57(3,4)5)36-51(55(50)62)58(6,7)8)61(53)47-26-27-48(38(2)30-47)41-18-13-10-14-19-41/h9-36,62H,1-8H3/i2D3,3D3,4D3,5D3,6D3,7D3,8D3. The molecule has 9 rings (SSSR count). The summed E-state index contributed by atoms with van der Waals surface area (Å²) in [5, 5.41) is 12.9. The van der Waals surface area contributed by atoms with Crippen LogP contribution in [0.25, 0.3) is 83.9 Å². The summed E-state index contributed by atoms with van der Waals surface area (Å²) in [6.07, 6.45) is 1.68. The molecule has 0 spiro atoms. The Balaban J connectivity index is 1.48. The Morgan fingerprint density at radius 2 is 1.23 bits per heavy atom. The van der Waals surface area contributed by atoms with Crippen molar-refractivity contribution < 1.29 is 33.9 Å². The number of aryl methyl sites for hydroxylation is 2. The monoisotopic (exact) mass is 829 g/mol. The van der Waals surface area contributed by atoms with E-state index < -0.39 is 87.1 Å². The van der Waals surface area contributed by atoms with Crippen LogP contribution in [-0.2, 0) is 10.8 Å². The largest absolute Gasteiger partial charge is 0.507 e. The molecule has 0 unspecified atom stereocenters. The average molecular weight is 829 g/mol. The van der Waals surface area contributed by atoms with Crippen molar-refractivity contribution in [1.29, 1.82) is 0 Å². The van der Waals surface area contributed by atoms with E-state index in [2.05, 4.69) is 0 Å². The molecular formula is C58H53N3O. The fourth-order valence-corrected chi connectivity index (χ4v) is 7.86. The lowest BCUT2D eigenvalue weighted by Crippen LogP contribution is -2.17. The van der Waals surface area contributed by atoms with Crippen LogP contribution in [0.3, 0.4) is 0 Å². The molecule has 4 heteroatoms. The zero-order valence-corrected chi connectivity index (χ0v) is 33.5. The zero-order chi connectivity index (χ0) is 60.8. The van der Waals surface area contributed by atoms with Crippen molar-refractivity contribution in [1.82, 2.24) is 14.5 Å². The van der Waals surface area contributed by atoms with Crippen LogP contribution in [0.15, 0.2) is 170 Å². The van der Waals surface area contributed by atoms with Gasteiger partial charge in [-0.25, -0.2) is 4.98 Å². The van der Waals surface area contributed by atoms with Gasteiger partial charge in [0.2, 0.25) is 0 Å². The van der Waals surface area contributed by atoms with Crippen molar-refractivity contribution in [2.24, 2.45) is 0 Å². The van der Waals surface area contributed by atoms with Crippen molar-refractivity contribution in [2.45, 2.75) is 65.7 Å². The summed E-state index contributed by atoms with van der Waals surface area (Å²) in [7, 11) is 0. The van der Waals surface area contributed by atoms with Crippen LogP contribution in [-0.4, -0.2) is 19.6 Å². The maximum absolute atomic E-state index is 12.9. The van der Waals surface area contributed by atoms with Crippen LogP contribution in [0.4, 0.5) is 0 Å². The number of para-hydroxylation sites is 1. The fraction of sp³-hybridized carbons (Fsp3) is 0.172. The molecule has 306 valence electrons. The number of rotatable bonds is 7.